The van der Waals surface area contributed by atoms with E-state index in [1.807, 2.05) is 13.8 Å². The molecule has 0 aliphatic carbocycles. The zero-order valence-corrected chi connectivity index (χ0v) is 12.2. The van der Waals surface area contributed by atoms with Gasteiger partial charge in [-0.3, -0.25) is 0 Å². The van der Waals surface area contributed by atoms with Gasteiger partial charge in [0.2, 0.25) is 6.29 Å². The lowest BCUT2D eigenvalue weighted by molar-refractivity contribution is -0.0656. The van der Waals surface area contributed by atoms with E-state index < -0.39 is 18.4 Å². The molecule has 0 fully saturated rings. The Labute approximate surface area is 119 Å². The predicted octanol–water partition coefficient (Wildman–Crippen LogP) is 2.45. The number of benzene rings is 1. The minimum absolute atomic E-state index is 0.323. The van der Waals surface area contributed by atoms with Crippen molar-refractivity contribution in [3.8, 4) is 0 Å². The third-order valence-electron chi connectivity index (χ3n) is 3.01. The summed E-state index contributed by atoms with van der Waals surface area (Å²) >= 11 is 0. The summed E-state index contributed by atoms with van der Waals surface area (Å²) < 4.78 is 4.94. The zero-order chi connectivity index (χ0) is 15.1. The lowest BCUT2D eigenvalue weighted by Crippen LogP contribution is -2.19. The Balaban J connectivity index is 3.14. The number of aliphatic hydroxyl groups excluding tert-OH is 2. The monoisotopic (exact) mass is 281 g/mol. The van der Waals surface area contributed by atoms with Gasteiger partial charge in [-0.1, -0.05) is 26.0 Å². The third kappa shape index (κ3) is 3.95. The second kappa shape index (κ2) is 7.87. The first-order valence-corrected chi connectivity index (χ1v) is 6.98. The second-order valence-electron chi connectivity index (χ2n) is 4.49. The molecular formula is C15H23NO4. The van der Waals surface area contributed by atoms with Gasteiger partial charge < -0.3 is 20.3 Å². The van der Waals surface area contributed by atoms with E-state index in [2.05, 4.69) is 5.32 Å². The van der Waals surface area contributed by atoms with Gasteiger partial charge in [-0.05, 0) is 19.4 Å². The first-order chi connectivity index (χ1) is 9.54. The molecule has 5 nitrogen and oxygen atoms in total. The number of hydrogen-bond donors (Lipinski definition) is 3. The topological polar surface area (TPSA) is 78.8 Å². The Morgan fingerprint density at radius 2 is 1.95 bits per heavy atom. The lowest BCUT2D eigenvalue weighted by Gasteiger charge is -2.19. The van der Waals surface area contributed by atoms with Crippen LogP contribution in [0.3, 0.4) is 0 Å². The van der Waals surface area contributed by atoms with Crippen LogP contribution in [0.1, 0.15) is 55.6 Å². The number of carbonyl (C=O) groups excluding carboxylic acids is 1. The van der Waals surface area contributed by atoms with Gasteiger partial charge in [0.05, 0.1) is 17.4 Å². The Hall–Kier alpha value is -1.59. The fourth-order valence-corrected chi connectivity index (χ4v) is 1.88. The summed E-state index contributed by atoms with van der Waals surface area (Å²) in [6.45, 7) is 6.11. The van der Waals surface area contributed by atoms with Crippen molar-refractivity contribution in [3.63, 3.8) is 0 Å². The Kier molecular flexibility index (Phi) is 6.48. The molecule has 1 aromatic carbocycles. The quantitative estimate of drug-likeness (QED) is 0.528. The van der Waals surface area contributed by atoms with Crippen LogP contribution in [0.2, 0.25) is 0 Å². The maximum absolute atomic E-state index is 12.1. The van der Waals surface area contributed by atoms with Crippen LogP contribution in [0.5, 0.6) is 0 Å². The zero-order valence-electron chi connectivity index (χ0n) is 12.2. The van der Waals surface area contributed by atoms with Gasteiger partial charge in [-0.2, -0.15) is 0 Å². The number of aliphatic hydroxyl groups is 2. The van der Waals surface area contributed by atoms with Gasteiger partial charge in [0, 0.05) is 18.5 Å². The fourth-order valence-electron chi connectivity index (χ4n) is 1.88. The molecule has 0 aromatic heterocycles. The molecule has 2 atom stereocenters. The van der Waals surface area contributed by atoms with Crippen molar-refractivity contribution in [3.05, 3.63) is 29.3 Å². The van der Waals surface area contributed by atoms with Gasteiger partial charge in [0.1, 0.15) is 0 Å². The molecule has 0 aliphatic rings. The summed E-state index contributed by atoms with van der Waals surface area (Å²) in [6, 6.07) is 5.09. The van der Waals surface area contributed by atoms with Crippen molar-refractivity contribution in [2.24, 2.45) is 0 Å². The standard InChI is InChI=1S/C15H23NO4/c1-4-12(17)10-8-7-9-11(14(10)16-6-3)15(19)20-13(18)5-2/h7-9,12-13,16-18H,4-6H2,1-3H3. The maximum atomic E-state index is 12.1. The molecule has 5 heteroatoms. The number of esters is 1. The van der Waals surface area contributed by atoms with Crippen LogP contribution in [0, 0.1) is 0 Å². The fraction of sp³-hybridized carbons (Fsp3) is 0.533. The van der Waals surface area contributed by atoms with E-state index in [-0.39, 0.29) is 0 Å². The normalized spacial score (nSPS) is 13.7. The smallest absolute Gasteiger partial charge is 0.342 e. The SMILES string of the molecule is CCNc1c(C(=O)OC(O)CC)cccc1C(O)CC. The third-order valence-corrected chi connectivity index (χ3v) is 3.01. The molecule has 1 rings (SSSR count). The Morgan fingerprint density at radius 1 is 1.25 bits per heavy atom. The van der Waals surface area contributed by atoms with Crippen molar-refractivity contribution in [2.75, 3.05) is 11.9 Å². The average molecular weight is 281 g/mol. The maximum Gasteiger partial charge on any atom is 0.342 e. The second-order valence-corrected chi connectivity index (χ2v) is 4.49. The molecule has 0 radical (unpaired) electrons. The van der Waals surface area contributed by atoms with Crippen LogP contribution in [0.4, 0.5) is 5.69 Å². The van der Waals surface area contributed by atoms with Gasteiger partial charge >= 0.3 is 5.97 Å². The molecule has 112 valence electrons. The Bertz CT molecular complexity index is 447. The highest BCUT2D eigenvalue weighted by Crippen LogP contribution is 2.29. The molecule has 0 saturated carbocycles. The molecule has 0 amide bonds. The number of nitrogens with one attached hydrogen (secondary N) is 1. The van der Waals surface area contributed by atoms with Crippen molar-refractivity contribution >= 4 is 11.7 Å². The molecule has 0 heterocycles. The molecule has 0 bridgehead atoms. The summed E-state index contributed by atoms with van der Waals surface area (Å²) in [5.41, 5.74) is 1.55. The van der Waals surface area contributed by atoms with Crippen LogP contribution >= 0.6 is 0 Å². The summed E-state index contributed by atoms with van der Waals surface area (Å²) in [5, 5.41) is 22.5. The molecule has 2 unspecified atom stereocenters. The summed E-state index contributed by atoms with van der Waals surface area (Å²) in [4.78, 5) is 12.1. The van der Waals surface area contributed by atoms with E-state index in [9.17, 15) is 15.0 Å². The number of hydrogen-bond acceptors (Lipinski definition) is 5. The molecule has 20 heavy (non-hydrogen) atoms. The Morgan fingerprint density at radius 3 is 2.50 bits per heavy atom. The average Bonchev–Trinajstić information content (AvgIpc) is 2.46. The minimum Gasteiger partial charge on any atom is -0.432 e. The van der Waals surface area contributed by atoms with Crippen molar-refractivity contribution in [2.45, 2.75) is 46.0 Å². The number of anilines is 1. The molecule has 0 spiro atoms. The predicted molar refractivity (Wildman–Crippen MR) is 77.6 cm³/mol. The molecule has 0 saturated heterocycles. The van der Waals surface area contributed by atoms with Crippen molar-refractivity contribution in [1.82, 2.24) is 0 Å². The van der Waals surface area contributed by atoms with Gasteiger partial charge in [0.25, 0.3) is 0 Å². The van der Waals surface area contributed by atoms with E-state index >= 15 is 0 Å². The molecule has 3 N–H and O–H groups in total. The van der Waals surface area contributed by atoms with E-state index in [0.717, 1.165) is 0 Å². The highest BCUT2D eigenvalue weighted by Gasteiger charge is 2.20. The molecule has 1 aromatic rings. The van der Waals surface area contributed by atoms with E-state index in [4.69, 9.17) is 4.74 Å². The van der Waals surface area contributed by atoms with Crippen LogP contribution in [0.15, 0.2) is 18.2 Å². The summed E-state index contributed by atoms with van der Waals surface area (Å²) in [6.07, 6.45) is -0.877. The summed E-state index contributed by atoms with van der Waals surface area (Å²) in [7, 11) is 0. The van der Waals surface area contributed by atoms with Crippen LogP contribution in [0.25, 0.3) is 0 Å². The largest absolute Gasteiger partial charge is 0.432 e. The van der Waals surface area contributed by atoms with Gasteiger partial charge in [0.15, 0.2) is 0 Å². The first kappa shape index (κ1) is 16.5. The number of carbonyl (C=O) groups is 1. The van der Waals surface area contributed by atoms with Crippen LogP contribution in [-0.4, -0.2) is 29.0 Å². The first-order valence-electron chi connectivity index (χ1n) is 6.98. The van der Waals surface area contributed by atoms with Gasteiger partial charge in [-0.25, -0.2) is 4.79 Å². The number of rotatable bonds is 7. The van der Waals surface area contributed by atoms with Crippen LogP contribution in [-0.2, 0) is 4.74 Å². The molecule has 0 aliphatic heterocycles. The van der Waals surface area contributed by atoms with Crippen molar-refractivity contribution in [1.29, 1.82) is 0 Å². The van der Waals surface area contributed by atoms with Gasteiger partial charge in [-0.15, -0.1) is 0 Å². The highest BCUT2D eigenvalue weighted by atomic mass is 16.6. The minimum atomic E-state index is -1.11. The number of para-hydroxylation sites is 1. The van der Waals surface area contributed by atoms with Crippen LogP contribution < -0.4 is 5.32 Å². The lowest BCUT2D eigenvalue weighted by atomic mass is 10.0. The van der Waals surface area contributed by atoms with E-state index in [1.54, 1.807) is 25.1 Å². The summed E-state index contributed by atoms with van der Waals surface area (Å²) in [5.74, 6) is -0.597. The van der Waals surface area contributed by atoms with E-state index in [0.29, 0.717) is 36.2 Å². The van der Waals surface area contributed by atoms with E-state index in [1.165, 1.54) is 0 Å². The highest BCUT2D eigenvalue weighted by molar-refractivity contribution is 5.96. The number of ether oxygens (including phenoxy) is 1. The van der Waals surface area contributed by atoms with Crippen molar-refractivity contribution < 1.29 is 19.7 Å². The molecular weight excluding hydrogens is 258 g/mol.